The number of nitrogens with one attached hydrogen (secondary N) is 1. The molecule has 0 heterocycles. The Bertz CT molecular complexity index is 206. The maximum atomic E-state index is 7.47. The molecule has 0 aromatic heterocycles. The summed E-state index contributed by atoms with van der Waals surface area (Å²) in [4.78, 5) is 0. The van der Waals surface area contributed by atoms with Gasteiger partial charge in [-0.2, -0.15) is 0 Å². The topological polar surface area (TPSA) is 23.8 Å². The molecule has 10 heavy (non-hydrogen) atoms. The van der Waals surface area contributed by atoms with E-state index in [1.165, 1.54) is 0 Å². The molecule has 0 saturated carbocycles. The fraction of sp³-hybridized carbons (Fsp3) is 0.333. The van der Waals surface area contributed by atoms with Crippen molar-refractivity contribution in [3.63, 3.8) is 0 Å². The zero-order chi connectivity index (χ0) is 7.40. The molecule has 1 nitrogen and oxygen atoms in total. The molecule has 0 aliphatic carbocycles. The van der Waals surface area contributed by atoms with Crippen LogP contribution in [0.4, 0.5) is 5.69 Å². The van der Waals surface area contributed by atoms with Crippen LogP contribution in [0.2, 0.25) is 0 Å². The normalized spacial score (nSPS) is 9.70. The van der Waals surface area contributed by atoms with Gasteiger partial charge in [0.1, 0.15) is 0 Å². The molecule has 1 radical (unpaired) electrons. The van der Waals surface area contributed by atoms with Gasteiger partial charge in [0.05, 0.1) is 5.69 Å². The average molecular weight is 134 g/mol. The lowest BCUT2D eigenvalue weighted by Crippen LogP contribution is -1.84. The Kier molecular flexibility index (Phi) is 2.32. The predicted octanol–water partition coefficient (Wildman–Crippen LogP) is 2.55. The minimum Gasteiger partial charge on any atom is -0.301 e. The number of hydrogen-bond acceptors (Lipinski definition) is 0. The third-order valence-electron chi connectivity index (χ3n) is 1.54. The van der Waals surface area contributed by atoms with Gasteiger partial charge in [-0.05, 0) is 18.1 Å². The van der Waals surface area contributed by atoms with E-state index >= 15 is 0 Å². The van der Waals surface area contributed by atoms with E-state index in [0.717, 1.165) is 18.4 Å². The molecule has 0 fully saturated rings. The molecule has 0 spiro atoms. The van der Waals surface area contributed by atoms with E-state index in [4.69, 9.17) is 5.73 Å². The van der Waals surface area contributed by atoms with Crippen LogP contribution in [0.25, 0.3) is 0 Å². The minimum absolute atomic E-state index is 0.671. The van der Waals surface area contributed by atoms with Crippen molar-refractivity contribution in [2.45, 2.75) is 19.8 Å². The van der Waals surface area contributed by atoms with Gasteiger partial charge in [-0.15, -0.1) is 0 Å². The standard InChI is InChI=1S/C9H12N/c1-2-5-8-6-3-4-7-9(8)10/h3-4,6-7,10H,2,5H2,1H3. The van der Waals surface area contributed by atoms with Crippen LogP contribution in [0.3, 0.4) is 0 Å². The summed E-state index contributed by atoms with van der Waals surface area (Å²) < 4.78 is 0. The van der Waals surface area contributed by atoms with Crippen molar-refractivity contribution in [2.24, 2.45) is 0 Å². The Hall–Kier alpha value is -0.980. The van der Waals surface area contributed by atoms with Gasteiger partial charge >= 0.3 is 0 Å². The molecular weight excluding hydrogens is 122 g/mol. The van der Waals surface area contributed by atoms with E-state index in [-0.39, 0.29) is 0 Å². The molecule has 0 unspecified atom stereocenters. The fourth-order valence-electron chi connectivity index (χ4n) is 1.01. The summed E-state index contributed by atoms with van der Waals surface area (Å²) in [5.74, 6) is 0. The van der Waals surface area contributed by atoms with E-state index in [9.17, 15) is 0 Å². The Morgan fingerprint density at radius 1 is 1.30 bits per heavy atom. The summed E-state index contributed by atoms with van der Waals surface area (Å²) in [5.41, 5.74) is 9.30. The molecule has 0 aliphatic heterocycles. The summed E-state index contributed by atoms with van der Waals surface area (Å²) in [6, 6.07) is 7.75. The van der Waals surface area contributed by atoms with Crippen LogP contribution in [-0.2, 0) is 6.42 Å². The molecule has 1 aromatic rings. The number of rotatable bonds is 2. The van der Waals surface area contributed by atoms with Crippen LogP contribution in [-0.4, -0.2) is 0 Å². The summed E-state index contributed by atoms with van der Waals surface area (Å²) in [7, 11) is 0. The van der Waals surface area contributed by atoms with Crippen LogP contribution < -0.4 is 5.73 Å². The number of aryl methyl sites for hydroxylation is 1. The first kappa shape index (κ1) is 7.13. The van der Waals surface area contributed by atoms with Gasteiger partial charge in [-0.3, -0.25) is 0 Å². The predicted molar refractivity (Wildman–Crippen MR) is 43.2 cm³/mol. The highest BCUT2D eigenvalue weighted by Gasteiger charge is 1.94. The van der Waals surface area contributed by atoms with E-state index in [0.29, 0.717) is 5.69 Å². The van der Waals surface area contributed by atoms with Crippen LogP contribution in [0.1, 0.15) is 18.9 Å². The van der Waals surface area contributed by atoms with Gasteiger partial charge < -0.3 is 5.73 Å². The highest BCUT2D eigenvalue weighted by molar-refractivity contribution is 5.42. The molecule has 1 aromatic carbocycles. The van der Waals surface area contributed by atoms with E-state index in [2.05, 4.69) is 6.92 Å². The SMILES string of the molecule is CCCc1ccccc1[NH]. The lowest BCUT2D eigenvalue weighted by Gasteiger charge is -1.99. The zero-order valence-corrected chi connectivity index (χ0v) is 6.22. The summed E-state index contributed by atoms with van der Waals surface area (Å²) >= 11 is 0. The van der Waals surface area contributed by atoms with E-state index in [1.54, 1.807) is 0 Å². The Morgan fingerprint density at radius 3 is 2.60 bits per heavy atom. The molecule has 53 valence electrons. The third-order valence-corrected chi connectivity index (χ3v) is 1.54. The van der Waals surface area contributed by atoms with Gasteiger partial charge in [0.25, 0.3) is 0 Å². The van der Waals surface area contributed by atoms with Gasteiger partial charge in [-0.25, -0.2) is 0 Å². The molecule has 0 atom stereocenters. The monoisotopic (exact) mass is 134 g/mol. The van der Waals surface area contributed by atoms with Crippen LogP contribution in [0, 0.1) is 0 Å². The van der Waals surface area contributed by atoms with Crippen molar-refractivity contribution in [1.29, 1.82) is 0 Å². The second kappa shape index (κ2) is 3.25. The number of hydrogen-bond donors (Lipinski definition) is 0. The van der Waals surface area contributed by atoms with Crippen molar-refractivity contribution in [1.82, 2.24) is 5.73 Å². The van der Waals surface area contributed by atoms with Crippen LogP contribution in [0.5, 0.6) is 0 Å². The lowest BCUT2D eigenvalue weighted by atomic mass is 10.1. The van der Waals surface area contributed by atoms with Crippen molar-refractivity contribution < 1.29 is 0 Å². The molecular formula is C9H12N. The summed E-state index contributed by atoms with van der Waals surface area (Å²) in [6.07, 6.45) is 2.15. The Morgan fingerprint density at radius 2 is 2.00 bits per heavy atom. The van der Waals surface area contributed by atoms with Crippen molar-refractivity contribution >= 4 is 5.69 Å². The third kappa shape index (κ3) is 1.50. The largest absolute Gasteiger partial charge is 0.301 e. The zero-order valence-electron chi connectivity index (χ0n) is 6.22. The van der Waals surface area contributed by atoms with Crippen LogP contribution >= 0.6 is 0 Å². The molecule has 0 aliphatic rings. The van der Waals surface area contributed by atoms with Crippen molar-refractivity contribution in [2.75, 3.05) is 0 Å². The second-order valence-electron chi connectivity index (χ2n) is 2.41. The van der Waals surface area contributed by atoms with E-state index in [1.807, 2.05) is 24.3 Å². The summed E-state index contributed by atoms with van der Waals surface area (Å²) in [5, 5.41) is 0. The Balaban J connectivity index is 2.81. The number of benzene rings is 1. The first-order valence-electron chi connectivity index (χ1n) is 3.64. The highest BCUT2D eigenvalue weighted by atomic mass is 14.6. The highest BCUT2D eigenvalue weighted by Crippen LogP contribution is 2.13. The van der Waals surface area contributed by atoms with Gasteiger partial charge in [-0.1, -0.05) is 31.5 Å². The molecule has 1 heteroatoms. The first-order chi connectivity index (χ1) is 4.84. The molecule has 1 rings (SSSR count). The quantitative estimate of drug-likeness (QED) is 0.593. The van der Waals surface area contributed by atoms with Gasteiger partial charge in [0, 0.05) is 0 Å². The smallest absolute Gasteiger partial charge is 0.0571 e. The average Bonchev–Trinajstić information content (AvgIpc) is 1.94. The van der Waals surface area contributed by atoms with E-state index < -0.39 is 0 Å². The van der Waals surface area contributed by atoms with Gasteiger partial charge in [0.2, 0.25) is 0 Å². The minimum atomic E-state index is 0.671. The Labute approximate surface area is 61.9 Å². The van der Waals surface area contributed by atoms with Crippen LogP contribution in [0.15, 0.2) is 24.3 Å². The van der Waals surface area contributed by atoms with Crippen molar-refractivity contribution in [3.05, 3.63) is 29.8 Å². The van der Waals surface area contributed by atoms with Gasteiger partial charge in [0.15, 0.2) is 0 Å². The maximum Gasteiger partial charge on any atom is 0.0571 e. The molecule has 0 saturated heterocycles. The second-order valence-corrected chi connectivity index (χ2v) is 2.41. The molecule has 0 bridgehead atoms. The maximum absolute atomic E-state index is 7.47. The molecule has 0 amide bonds. The fourth-order valence-corrected chi connectivity index (χ4v) is 1.01. The lowest BCUT2D eigenvalue weighted by molar-refractivity contribution is 0.920. The molecule has 1 N–H and O–H groups in total. The summed E-state index contributed by atoms with van der Waals surface area (Å²) in [6.45, 7) is 2.13. The first-order valence-corrected chi connectivity index (χ1v) is 3.64. The van der Waals surface area contributed by atoms with Crippen molar-refractivity contribution in [3.8, 4) is 0 Å².